The van der Waals surface area contributed by atoms with Gasteiger partial charge in [-0.1, -0.05) is 22.7 Å². The second kappa shape index (κ2) is 9.12. The van der Waals surface area contributed by atoms with Gasteiger partial charge in [0.25, 0.3) is 0 Å². The third-order valence-electron chi connectivity index (χ3n) is 6.09. The van der Waals surface area contributed by atoms with Gasteiger partial charge in [-0.2, -0.15) is 0 Å². The molecule has 32 heavy (non-hydrogen) atoms. The number of aliphatic hydroxyl groups is 1. The van der Waals surface area contributed by atoms with Crippen LogP contribution in [-0.2, 0) is 6.54 Å². The number of piperidine rings is 1. The van der Waals surface area contributed by atoms with Crippen molar-refractivity contribution in [1.29, 1.82) is 0 Å². The second-order valence-electron chi connectivity index (χ2n) is 8.10. The van der Waals surface area contributed by atoms with Crippen molar-refractivity contribution in [3.8, 4) is 5.75 Å². The van der Waals surface area contributed by atoms with Crippen LogP contribution >= 0.6 is 0 Å². The summed E-state index contributed by atoms with van der Waals surface area (Å²) in [6.45, 7) is 0.536. The maximum absolute atomic E-state index is 15.3. The molecule has 0 radical (unpaired) electrons. The van der Waals surface area contributed by atoms with Crippen molar-refractivity contribution in [2.24, 2.45) is 0 Å². The highest BCUT2D eigenvalue weighted by molar-refractivity contribution is 6.04. The first kappa shape index (κ1) is 22.0. The molecule has 0 unspecified atom stereocenters. The normalized spacial score (nSPS) is 17.3. The van der Waals surface area contributed by atoms with Crippen molar-refractivity contribution < 1.29 is 28.3 Å². The van der Waals surface area contributed by atoms with Crippen molar-refractivity contribution in [1.82, 2.24) is 10.2 Å². The van der Waals surface area contributed by atoms with Gasteiger partial charge >= 0.3 is 6.03 Å². The number of carbonyl (C=O) groups excluding carboxylic acids is 2. The van der Waals surface area contributed by atoms with Crippen LogP contribution in [0.4, 0.5) is 19.4 Å². The summed E-state index contributed by atoms with van der Waals surface area (Å²) in [6, 6.07) is 10.6. The number of halogens is 2. The van der Waals surface area contributed by atoms with Gasteiger partial charge in [-0.3, -0.25) is 4.79 Å². The van der Waals surface area contributed by atoms with Gasteiger partial charge in [-0.05, 0) is 42.7 Å². The quantitative estimate of drug-likeness (QED) is 0.691. The highest BCUT2D eigenvalue weighted by Gasteiger charge is 2.47. The molecule has 0 saturated carbocycles. The maximum Gasteiger partial charge on any atom is 0.317 e. The summed E-state index contributed by atoms with van der Waals surface area (Å²) in [5.74, 6) is -0.617. The molecule has 2 aliphatic rings. The fourth-order valence-electron chi connectivity index (χ4n) is 4.31. The highest BCUT2D eigenvalue weighted by atomic mass is 19.2. The van der Waals surface area contributed by atoms with Crippen LogP contribution in [0.3, 0.4) is 0 Å². The summed E-state index contributed by atoms with van der Waals surface area (Å²) in [4.78, 5) is 26.8. The minimum absolute atomic E-state index is 0.0102. The van der Waals surface area contributed by atoms with E-state index in [4.69, 9.17) is 9.84 Å². The van der Waals surface area contributed by atoms with E-state index in [0.29, 0.717) is 42.2 Å². The molecule has 0 atom stereocenters. The van der Waals surface area contributed by atoms with Gasteiger partial charge < -0.3 is 20.1 Å². The Kier molecular flexibility index (Phi) is 6.27. The number of nitrogens with zero attached hydrogens (tertiary/aromatic N) is 2. The zero-order chi connectivity index (χ0) is 22.7. The summed E-state index contributed by atoms with van der Waals surface area (Å²) >= 11 is 0. The Balaban J connectivity index is 1.35. The lowest BCUT2D eigenvalue weighted by Crippen LogP contribution is -2.57. The van der Waals surface area contributed by atoms with Crippen molar-refractivity contribution >= 4 is 17.5 Å². The molecule has 4 rings (SSSR count). The number of nitrogens with one attached hydrogen (secondary N) is 1. The van der Waals surface area contributed by atoms with Gasteiger partial charge in [0.2, 0.25) is 0 Å². The molecule has 170 valence electrons. The number of hydrogen-bond donors (Lipinski definition) is 2. The van der Waals surface area contributed by atoms with Crippen molar-refractivity contribution in [3.63, 3.8) is 0 Å². The second-order valence-corrected chi connectivity index (χ2v) is 8.10. The number of amides is 2. The molecule has 0 aromatic heterocycles. The first-order chi connectivity index (χ1) is 15.4. The SMILES string of the molecule is O=C1CC2(CCN(C(=O)NCc3ccc(F)c(OCCO)c3)CC2)N(F)c2ccccc21. The first-order valence-electron chi connectivity index (χ1n) is 10.6. The highest BCUT2D eigenvalue weighted by Crippen LogP contribution is 2.43. The van der Waals surface area contributed by atoms with Gasteiger partial charge in [0.1, 0.15) is 6.61 Å². The van der Waals surface area contributed by atoms with Crippen molar-refractivity contribution in [2.75, 3.05) is 31.4 Å². The summed E-state index contributed by atoms with van der Waals surface area (Å²) in [5.41, 5.74) is 0.392. The van der Waals surface area contributed by atoms with Gasteiger partial charge in [-0.25, -0.2) is 14.3 Å². The minimum Gasteiger partial charge on any atom is -0.488 e. The molecule has 7 nitrogen and oxygen atoms in total. The lowest BCUT2D eigenvalue weighted by Gasteiger charge is -2.47. The van der Waals surface area contributed by atoms with Gasteiger partial charge in [-0.15, -0.1) is 0 Å². The number of ketones is 1. The number of aliphatic hydroxyl groups excluding tert-OH is 1. The third-order valence-corrected chi connectivity index (χ3v) is 6.09. The molecule has 2 amide bonds. The molecule has 1 fully saturated rings. The number of likely N-dealkylation sites (tertiary alicyclic amines) is 1. The molecule has 2 aromatic carbocycles. The zero-order valence-corrected chi connectivity index (χ0v) is 17.5. The standard InChI is InChI=1S/C23H25F2N3O4/c24-18-6-5-16(13-21(18)32-12-11-29)15-26-22(31)27-9-7-23(8-10-27)14-20(30)17-3-1-2-4-19(17)28(23)25/h1-6,13,29H,7-12,14-15H2,(H,26,31). The van der Waals surface area contributed by atoms with E-state index in [9.17, 15) is 14.0 Å². The van der Waals surface area contributed by atoms with Crippen LogP contribution in [0, 0.1) is 5.82 Å². The molecular weight excluding hydrogens is 420 g/mol. The summed E-state index contributed by atoms with van der Waals surface area (Å²) < 4.78 is 34.1. The van der Waals surface area contributed by atoms with Crippen LogP contribution in [0.25, 0.3) is 0 Å². The monoisotopic (exact) mass is 445 g/mol. The Morgan fingerprint density at radius 2 is 1.94 bits per heavy atom. The van der Waals surface area contributed by atoms with Crippen LogP contribution in [-0.4, -0.2) is 53.7 Å². The van der Waals surface area contributed by atoms with Gasteiger partial charge in [0.15, 0.2) is 17.3 Å². The lowest BCUT2D eigenvalue weighted by atomic mass is 9.78. The molecule has 2 aromatic rings. The van der Waals surface area contributed by atoms with E-state index in [2.05, 4.69) is 5.32 Å². The van der Waals surface area contributed by atoms with E-state index >= 15 is 4.48 Å². The molecule has 2 N–H and O–H groups in total. The number of para-hydroxylation sites is 1. The number of urea groups is 1. The number of anilines is 1. The number of rotatable bonds is 5. The number of hydrogen-bond acceptors (Lipinski definition) is 5. The van der Waals surface area contributed by atoms with Gasteiger partial charge in [0, 0.05) is 31.6 Å². The van der Waals surface area contributed by atoms with Crippen LogP contribution < -0.4 is 15.2 Å². The fraction of sp³-hybridized carbons (Fsp3) is 0.391. The molecule has 0 bridgehead atoms. The van der Waals surface area contributed by atoms with Crippen LogP contribution in [0.1, 0.15) is 35.2 Å². The predicted octanol–water partition coefficient (Wildman–Crippen LogP) is 3.22. The Morgan fingerprint density at radius 1 is 1.19 bits per heavy atom. The number of ether oxygens (including phenoxy) is 1. The van der Waals surface area contributed by atoms with Crippen molar-refractivity contribution in [2.45, 2.75) is 31.3 Å². The topological polar surface area (TPSA) is 82.1 Å². The van der Waals surface area contributed by atoms with E-state index < -0.39 is 11.4 Å². The Hall–Kier alpha value is -3.20. The van der Waals surface area contributed by atoms with Crippen LogP contribution in [0.5, 0.6) is 5.75 Å². The van der Waals surface area contributed by atoms with Crippen molar-refractivity contribution in [3.05, 3.63) is 59.4 Å². The molecule has 2 aliphatic heterocycles. The summed E-state index contributed by atoms with van der Waals surface area (Å²) in [5, 5.41) is 12.3. The molecule has 9 heteroatoms. The number of Topliss-reactive ketones (excluding diaryl/α,β-unsaturated/α-hetero) is 1. The number of benzene rings is 2. The smallest absolute Gasteiger partial charge is 0.317 e. The van der Waals surface area contributed by atoms with E-state index in [-0.39, 0.29) is 49.4 Å². The van der Waals surface area contributed by atoms with E-state index in [1.165, 1.54) is 12.1 Å². The largest absolute Gasteiger partial charge is 0.488 e. The van der Waals surface area contributed by atoms with Gasteiger partial charge in [0.05, 0.1) is 17.8 Å². The Morgan fingerprint density at radius 3 is 2.69 bits per heavy atom. The lowest BCUT2D eigenvalue weighted by molar-refractivity contribution is 0.0805. The first-order valence-corrected chi connectivity index (χ1v) is 10.6. The number of fused-ring (bicyclic) bond motifs is 1. The fourth-order valence-corrected chi connectivity index (χ4v) is 4.31. The molecule has 0 aliphatic carbocycles. The Bertz CT molecular complexity index is 1010. The third kappa shape index (κ3) is 4.25. The average Bonchev–Trinajstić information content (AvgIpc) is 2.81. The molecule has 1 spiro atoms. The zero-order valence-electron chi connectivity index (χ0n) is 17.5. The predicted molar refractivity (Wildman–Crippen MR) is 114 cm³/mol. The summed E-state index contributed by atoms with van der Waals surface area (Å²) in [7, 11) is 0. The number of carbonyl (C=O) groups is 2. The molecular formula is C23H25F2N3O4. The average molecular weight is 445 g/mol. The Labute approximate surface area is 184 Å². The van der Waals surface area contributed by atoms with E-state index in [1.807, 2.05) is 0 Å². The maximum atomic E-state index is 15.3. The summed E-state index contributed by atoms with van der Waals surface area (Å²) in [6.07, 6.45) is 0.765. The van der Waals surface area contributed by atoms with Crippen LogP contribution in [0.15, 0.2) is 42.5 Å². The van der Waals surface area contributed by atoms with E-state index in [1.54, 1.807) is 35.2 Å². The van der Waals surface area contributed by atoms with E-state index in [0.717, 1.165) is 0 Å². The molecule has 2 heterocycles. The minimum atomic E-state index is -0.932. The molecule has 1 saturated heterocycles. The van der Waals surface area contributed by atoms with Crippen LogP contribution in [0.2, 0.25) is 0 Å².